The molecule has 5 nitrogen and oxygen atoms in total. The molecule has 1 amide bonds. The summed E-state index contributed by atoms with van der Waals surface area (Å²) in [6, 6.07) is 12.1. The summed E-state index contributed by atoms with van der Waals surface area (Å²) in [5, 5.41) is 9.38. The van der Waals surface area contributed by atoms with Crippen LogP contribution >= 0.6 is 0 Å². The molecule has 1 fully saturated rings. The first-order valence-electron chi connectivity index (χ1n) is 9.51. The van der Waals surface area contributed by atoms with Gasteiger partial charge in [0.2, 0.25) is 0 Å². The van der Waals surface area contributed by atoms with Crippen molar-refractivity contribution < 1.29 is 28.0 Å². The molecule has 0 bridgehead atoms. The second-order valence-electron chi connectivity index (χ2n) is 7.39. The number of phenols is 1. The Balaban J connectivity index is 1.47. The molecule has 29 heavy (non-hydrogen) atoms. The van der Waals surface area contributed by atoms with Crippen molar-refractivity contribution in [2.24, 2.45) is 0 Å². The van der Waals surface area contributed by atoms with E-state index >= 15 is 0 Å². The fourth-order valence-corrected chi connectivity index (χ4v) is 3.47. The molecule has 156 valence electrons. The number of anilines is 1. The third kappa shape index (κ3) is 5.63. The first-order valence-corrected chi connectivity index (χ1v) is 9.51. The summed E-state index contributed by atoms with van der Waals surface area (Å²) in [7, 11) is 1.86. The zero-order chi connectivity index (χ0) is 21.0. The minimum absolute atomic E-state index is 0.0415. The largest absolute Gasteiger partial charge is 0.508 e. The van der Waals surface area contributed by atoms with Gasteiger partial charge in [-0.05, 0) is 36.4 Å². The van der Waals surface area contributed by atoms with E-state index in [1.807, 2.05) is 24.1 Å². The van der Waals surface area contributed by atoms with Gasteiger partial charge in [-0.1, -0.05) is 12.1 Å². The molecular formula is C21H25F3N3O2+. The van der Waals surface area contributed by atoms with Gasteiger partial charge in [0.05, 0.1) is 12.6 Å². The van der Waals surface area contributed by atoms with Gasteiger partial charge in [-0.2, -0.15) is 13.2 Å². The predicted molar refractivity (Wildman–Crippen MR) is 104 cm³/mol. The first-order chi connectivity index (χ1) is 13.7. The van der Waals surface area contributed by atoms with Crippen molar-refractivity contribution in [2.75, 3.05) is 44.7 Å². The standard InChI is InChI=1S/C21H24F3N3O2/c1-25(14-16-2-4-17(5-3-16)21(22,23)24)15-20(29)27-12-10-26(11-13-27)18-6-8-19(28)9-7-18/h2-9,28H,10-15H2,1H3/p+1. The molecule has 1 saturated heterocycles. The lowest BCUT2D eigenvalue weighted by Crippen LogP contribution is -3.09. The number of piperazine rings is 1. The van der Waals surface area contributed by atoms with Gasteiger partial charge >= 0.3 is 6.18 Å². The molecule has 2 aromatic rings. The maximum absolute atomic E-state index is 12.6. The van der Waals surface area contributed by atoms with Crippen molar-refractivity contribution in [3.63, 3.8) is 0 Å². The minimum Gasteiger partial charge on any atom is -0.508 e. The number of carbonyl (C=O) groups is 1. The Kier molecular flexibility index (Phi) is 6.32. The average molecular weight is 408 g/mol. The maximum atomic E-state index is 12.6. The van der Waals surface area contributed by atoms with Crippen LogP contribution < -0.4 is 9.80 Å². The topological polar surface area (TPSA) is 48.2 Å². The van der Waals surface area contributed by atoms with Crippen LogP contribution in [-0.2, 0) is 17.5 Å². The van der Waals surface area contributed by atoms with Crippen LogP contribution in [0.4, 0.5) is 18.9 Å². The Morgan fingerprint density at radius 1 is 1.00 bits per heavy atom. The van der Waals surface area contributed by atoms with E-state index < -0.39 is 11.7 Å². The summed E-state index contributed by atoms with van der Waals surface area (Å²) in [6.45, 7) is 3.45. The van der Waals surface area contributed by atoms with E-state index in [9.17, 15) is 23.1 Å². The summed E-state index contributed by atoms with van der Waals surface area (Å²) in [5.74, 6) is 0.265. The first kappa shape index (κ1) is 21.0. The fraction of sp³-hybridized carbons (Fsp3) is 0.381. The molecule has 0 saturated carbocycles. The molecule has 0 spiro atoms. The Hall–Kier alpha value is -2.74. The number of benzene rings is 2. The lowest BCUT2D eigenvalue weighted by Gasteiger charge is -2.36. The summed E-state index contributed by atoms with van der Waals surface area (Å²) in [4.78, 5) is 17.5. The quantitative estimate of drug-likeness (QED) is 0.793. The van der Waals surface area contributed by atoms with Gasteiger partial charge < -0.3 is 19.8 Å². The van der Waals surface area contributed by atoms with Crippen molar-refractivity contribution in [2.45, 2.75) is 12.7 Å². The molecule has 0 aliphatic carbocycles. The van der Waals surface area contributed by atoms with Crippen LogP contribution in [0.3, 0.4) is 0 Å². The molecule has 1 aliphatic rings. The number of rotatable bonds is 5. The Morgan fingerprint density at radius 2 is 1.59 bits per heavy atom. The number of alkyl halides is 3. The van der Waals surface area contributed by atoms with Crippen LogP contribution in [0.25, 0.3) is 0 Å². The van der Waals surface area contributed by atoms with Gasteiger partial charge in [-0.25, -0.2) is 0 Å². The van der Waals surface area contributed by atoms with Crippen LogP contribution in [-0.4, -0.2) is 55.7 Å². The number of aromatic hydroxyl groups is 1. The number of amides is 1. The average Bonchev–Trinajstić information content (AvgIpc) is 2.68. The molecule has 2 aromatic carbocycles. The molecule has 3 rings (SSSR count). The number of hydrogen-bond acceptors (Lipinski definition) is 3. The molecular weight excluding hydrogens is 383 g/mol. The van der Waals surface area contributed by atoms with Gasteiger partial charge in [0, 0.05) is 37.4 Å². The molecule has 8 heteroatoms. The molecule has 1 unspecified atom stereocenters. The van der Waals surface area contributed by atoms with Gasteiger partial charge in [-0.3, -0.25) is 4.79 Å². The van der Waals surface area contributed by atoms with Crippen LogP contribution in [0.1, 0.15) is 11.1 Å². The highest BCUT2D eigenvalue weighted by molar-refractivity contribution is 5.77. The summed E-state index contributed by atoms with van der Waals surface area (Å²) < 4.78 is 37.9. The van der Waals surface area contributed by atoms with E-state index in [0.717, 1.165) is 28.3 Å². The van der Waals surface area contributed by atoms with Crippen LogP contribution in [0.15, 0.2) is 48.5 Å². The summed E-state index contributed by atoms with van der Waals surface area (Å²) >= 11 is 0. The monoisotopic (exact) mass is 408 g/mol. The smallest absolute Gasteiger partial charge is 0.416 e. The van der Waals surface area contributed by atoms with Crippen molar-refractivity contribution in [3.05, 3.63) is 59.7 Å². The maximum Gasteiger partial charge on any atom is 0.416 e. The van der Waals surface area contributed by atoms with Crippen LogP contribution in [0.2, 0.25) is 0 Å². The zero-order valence-corrected chi connectivity index (χ0v) is 16.2. The highest BCUT2D eigenvalue weighted by Gasteiger charge is 2.30. The van der Waals surface area contributed by atoms with Crippen molar-refractivity contribution in [3.8, 4) is 5.75 Å². The second-order valence-corrected chi connectivity index (χ2v) is 7.39. The number of phenolic OH excluding ortho intramolecular Hbond substituents is 1. The normalized spacial score (nSPS) is 16.0. The SMILES string of the molecule is C[NH+](CC(=O)N1CCN(c2ccc(O)cc2)CC1)Cc1ccc(C(F)(F)F)cc1. The number of nitrogens with one attached hydrogen (secondary N) is 1. The van der Waals surface area contributed by atoms with E-state index in [1.54, 1.807) is 12.1 Å². The third-order valence-corrected chi connectivity index (χ3v) is 5.09. The summed E-state index contributed by atoms with van der Waals surface area (Å²) in [6.07, 6.45) is -4.34. The number of hydrogen-bond donors (Lipinski definition) is 2. The van der Waals surface area contributed by atoms with Gasteiger partial charge in [0.1, 0.15) is 12.3 Å². The number of halogens is 3. The Morgan fingerprint density at radius 3 is 2.14 bits per heavy atom. The molecule has 2 N–H and O–H groups in total. The predicted octanol–water partition coefficient (Wildman–Crippen LogP) is 1.77. The van der Waals surface area contributed by atoms with Crippen LogP contribution in [0, 0.1) is 0 Å². The number of nitrogens with zero attached hydrogens (tertiary/aromatic N) is 2. The number of likely N-dealkylation sites (N-methyl/N-ethyl adjacent to an activating group) is 1. The molecule has 1 heterocycles. The zero-order valence-electron chi connectivity index (χ0n) is 16.2. The minimum atomic E-state index is -4.34. The van der Waals surface area contributed by atoms with Crippen LogP contribution in [0.5, 0.6) is 5.75 Å². The van der Waals surface area contributed by atoms with Crippen molar-refractivity contribution in [1.29, 1.82) is 0 Å². The highest BCUT2D eigenvalue weighted by Crippen LogP contribution is 2.29. The number of carbonyl (C=O) groups excluding carboxylic acids is 1. The highest BCUT2D eigenvalue weighted by atomic mass is 19.4. The fourth-order valence-electron chi connectivity index (χ4n) is 3.47. The van der Waals surface area contributed by atoms with E-state index in [-0.39, 0.29) is 11.7 Å². The summed E-state index contributed by atoms with van der Waals surface area (Å²) in [5.41, 5.74) is 1.11. The Labute approximate surface area is 167 Å². The second kappa shape index (κ2) is 8.73. The Bertz CT molecular complexity index is 815. The molecule has 1 atom stereocenters. The van der Waals surface area contributed by atoms with Gasteiger partial charge in [0.15, 0.2) is 6.54 Å². The van der Waals surface area contributed by atoms with Gasteiger partial charge in [-0.15, -0.1) is 0 Å². The van der Waals surface area contributed by atoms with Crippen molar-refractivity contribution in [1.82, 2.24) is 4.90 Å². The lowest BCUT2D eigenvalue weighted by atomic mass is 10.1. The molecule has 0 radical (unpaired) electrons. The number of quaternary nitrogens is 1. The lowest BCUT2D eigenvalue weighted by molar-refractivity contribution is -0.885. The van der Waals surface area contributed by atoms with E-state index in [1.165, 1.54) is 12.1 Å². The van der Waals surface area contributed by atoms with Crippen molar-refractivity contribution >= 4 is 11.6 Å². The van der Waals surface area contributed by atoms with E-state index in [4.69, 9.17) is 0 Å². The molecule has 0 aromatic heterocycles. The van der Waals surface area contributed by atoms with E-state index in [0.29, 0.717) is 39.3 Å². The van der Waals surface area contributed by atoms with E-state index in [2.05, 4.69) is 4.90 Å². The third-order valence-electron chi connectivity index (χ3n) is 5.09. The van der Waals surface area contributed by atoms with Gasteiger partial charge in [0.25, 0.3) is 5.91 Å². The molecule has 1 aliphatic heterocycles.